The number of ether oxygens (including phenoxy) is 1. The van der Waals surface area contributed by atoms with Gasteiger partial charge in [-0.2, -0.15) is 4.98 Å². The maximum atomic E-state index is 10.0. The van der Waals surface area contributed by atoms with Crippen molar-refractivity contribution in [3.05, 3.63) is 41.0 Å². The summed E-state index contributed by atoms with van der Waals surface area (Å²) in [6, 6.07) is 6.31. The van der Waals surface area contributed by atoms with Crippen LogP contribution in [0.5, 0.6) is 5.75 Å². The Kier molecular flexibility index (Phi) is 3.35. The first-order valence-electron chi connectivity index (χ1n) is 7.66. The third kappa shape index (κ3) is 2.48. The van der Waals surface area contributed by atoms with Crippen molar-refractivity contribution in [2.45, 2.75) is 38.5 Å². The van der Waals surface area contributed by atoms with Gasteiger partial charge in [-0.3, -0.25) is 4.90 Å². The van der Waals surface area contributed by atoms with Crippen molar-refractivity contribution in [3.8, 4) is 5.75 Å². The van der Waals surface area contributed by atoms with Crippen LogP contribution in [0, 0.1) is 6.92 Å². The molecule has 22 heavy (non-hydrogen) atoms. The lowest BCUT2D eigenvalue weighted by Crippen LogP contribution is -2.24. The molecule has 1 fully saturated rings. The van der Waals surface area contributed by atoms with Gasteiger partial charge in [-0.25, -0.2) is 0 Å². The fraction of sp³-hybridized carbons (Fsp3) is 0.500. The van der Waals surface area contributed by atoms with Crippen LogP contribution in [0.3, 0.4) is 0 Å². The summed E-state index contributed by atoms with van der Waals surface area (Å²) in [6.45, 7) is 3.96. The molecule has 2 aliphatic rings. The maximum Gasteiger partial charge on any atom is 0.244 e. The largest absolute Gasteiger partial charge is 0.493 e. The molecular formula is C16H19N3O3. The highest BCUT2D eigenvalue weighted by atomic mass is 16.5. The van der Waals surface area contributed by atoms with Crippen LogP contribution in [-0.4, -0.2) is 39.4 Å². The topological polar surface area (TPSA) is 71.6 Å². The van der Waals surface area contributed by atoms with Crippen LogP contribution in [0.15, 0.2) is 22.7 Å². The highest BCUT2D eigenvalue weighted by Gasteiger charge is 2.35. The molecule has 0 amide bonds. The third-order valence-electron chi connectivity index (χ3n) is 4.35. The van der Waals surface area contributed by atoms with Crippen LogP contribution < -0.4 is 4.74 Å². The monoisotopic (exact) mass is 301 g/mol. The Morgan fingerprint density at radius 1 is 1.41 bits per heavy atom. The normalized spacial score (nSPS) is 24.5. The first-order chi connectivity index (χ1) is 10.7. The molecule has 0 radical (unpaired) electrons. The standard InChI is InChI=1S/C16H19N3O3/c1-10-17-16(22-18-10)14-7-13(20)9-19(14)8-11-2-3-15-12(6-11)4-5-21-15/h2-3,6,13-14,20H,4-5,7-9H2,1H3/t13-,14-/m1/s1. The second-order valence-corrected chi connectivity index (χ2v) is 6.06. The zero-order chi connectivity index (χ0) is 15.1. The molecule has 0 spiro atoms. The van der Waals surface area contributed by atoms with Crippen molar-refractivity contribution in [1.29, 1.82) is 0 Å². The second-order valence-electron chi connectivity index (χ2n) is 6.06. The van der Waals surface area contributed by atoms with E-state index >= 15 is 0 Å². The highest BCUT2D eigenvalue weighted by molar-refractivity contribution is 5.39. The number of β-amino-alcohol motifs (C(OH)–C–C–N with tert-alkyl or cyclic N) is 1. The SMILES string of the molecule is Cc1noc([C@H]2C[C@@H](O)CN2Cc2ccc3c(c2)CCO3)n1. The number of benzene rings is 1. The number of likely N-dealkylation sites (tertiary alicyclic amines) is 1. The maximum absolute atomic E-state index is 10.0. The molecule has 1 aromatic heterocycles. The predicted octanol–water partition coefficient (Wildman–Crippen LogP) is 1.62. The van der Waals surface area contributed by atoms with Gasteiger partial charge in [0, 0.05) is 19.5 Å². The number of hydrogen-bond donors (Lipinski definition) is 1. The van der Waals surface area contributed by atoms with E-state index in [2.05, 4.69) is 27.2 Å². The molecule has 3 heterocycles. The van der Waals surface area contributed by atoms with E-state index in [1.165, 1.54) is 11.1 Å². The lowest BCUT2D eigenvalue weighted by molar-refractivity contribution is 0.169. The van der Waals surface area contributed by atoms with Crippen molar-refractivity contribution in [2.24, 2.45) is 0 Å². The van der Waals surface area contributed by atoms with Crippen LogP contribution in [0.1, 0.15) is 35.3 Å². The van der Waals surface area contributed by atoms with Gasteiger partial charge in [0.1, 0.15) is 5.75 Å². The van der Waals surface area contributed by atoms with Gasteiger partial charge in [0.05, 0.1) is 18.8 Å². The molecule has 6 nitrogen and oxygen atoms in total. The summed E-state index contributed by atoms with van der Waals surface area (Å²) in [5.41, 5.74) is 2.49. The lowest BCUT2D eigenvalue weighted by atomic mass is 10.1. The summed E-state index contributed by atoms with van der Waals surface area (Å²) >= 11 is 0. The Morgan fingerprint density at radius 2 is 2.32 bits per heavy atom. The van der Waals surface area contributed by atoms with E-state index in [1.54, 1.807) is 0 Å². The van der Waals surface area contributed by atoms with E-state index in [4.69, 9.17) is 9.26 Å². The zero-order valence-electron chi connectivity index (χ0n) is 12.5. The number of aryl methyl sites for hydroxylation is 1. The van der Waals surface area contributed by atoms with Crippen molar-refractivity contribution >= 4 is 0 Å². The van der Waals surface area contributed by atoms with Gasteiger partial charge in [0.2, 0.25) is 5.89 Å². The van der Waals surface area contributed by atoms with E-state index in [0.29, 0.717) is 24.7 Å². The fourth-order valence-corrected chi connectivity index (χ4v) is 3.33. The van der Waals surface area contributed by atoms with E-state index in [9.17, 15) is 5.11 Å². The van der Waals surface area contributed by atoms with Crippen LogP contribution in [0.4, 0.5) is 0 Å². The van der Waals surface area contributed by atoms with Crippen molar-refractivity contribution in [1.82, 2.24) is 15.0 Å². The summed E-state index contributed by atoms with van der Waals surface area (Å²) in [7, 11) is 0. The first-order valence-corrected chi connectivity index (χ1v) is 7.66. The highest BCUT2D eigenvalue weighted by Crippen LogP contribution is 2.33. The summed E-state index contributed by atoms with van der Waals surface area (Å²) in [5.74, 6) is 2.22. The molecule has 0 bridgehead atoms. The molecule has 2 atom stereocenters. The van der Waals surface area contributed by atoms with Gasteiger partial charge in [-0.05, 0) is 30.5 Å². The molecule has 0 aliphatic carbocycles. The van der Waals surface area contributed by atoms with Gasteiger partial charge < -0.3 is 14.4 Å². The minimum Gasteiger partial charge on any atom is -0.493 e. The Labute approximate surface area is 128 Å². The smallest absolute Gasteiger partial charge is 0.244 e. The zero-order valence-corrected chi connectivity index (χ0v) is 12.5. The average molecular weight is 301 g/mol. The van der Waals surface area contributed by atoms with Gasteiger partial charge >= 0.3 is 0 Å². The van der Waals surface area contributed by atoms with Gasteiger partial charge in [-0.1, -0.05) is 17.3 Å². The predicted molar refractivity (Wildman–Crippen MR) is 78.5 cm³/mol. The number of aromatic nitrogens is 2. The van der Waals surface area contributed by atoms with Gasteiger partial charge in [0.15, 0.2) is 5.82 Å². The molecule has 2 aliphatic heterocycles. The van der Waals surface area contributed by atoms with E-state index < -0.39 is 0 Å². The van der Waals surface area contributed by atoms with E-state index in [0.717, 1.165) is 25.3 Å². The average Bonchev–Trinajstić information content (AvgIpc) is 3.18. The summed E-state index contributed by atoms with van der Waals surface area (Å²) in [6.07, 6.45) is 1.25. The van der Waals surface area contributed by atoms with Gasteiger partial charge in [-0.15, -0.1) is 0 Å². The second kappa shape index (κ2) is 5.37. The number of aliphatic hydroxyl groups excluding tert-OH is 1. The van der Waals surface area contributed by atoms with Crippen LogP contribution in [0.2, 0.25) is 0 Å². The Bertz CT molecular complexity index is 685. The minimum atomic E-state index is -0.352. The molecular weight excluding hydrogens is 282 g/mol. The van der Waals surface area contributed by atoms with Crippen LogP contribution >= 0.6 is 0 Å². The third-order valence-corrected chi connectivity index (χ3v) is 4.35. The molecule has 1 saturated heterocycles. The molecule has 2 aromatic rings. The fourth-order valence-electron chi connectivity index (χ4n) is 3.33. The van der Waals surface area contributed by atoms with Crippen molar-refractivity contribution < 1.29 is 14.4 Å². The minimum absolute atomic E-state index is 0.0132. The number of hydrogen-bond acceptors (Lipinski definition) is 6. The summed E-state index contributed by atoms with van der Waals surface area (Å²) in [4.78, 5) is 6.53. The molecule has 116 valence electrons. The Balaban J connectivity index is 1.55. The number of aliphatic hydroxyl groups is 1. The van der Waals surface area contributed by atoms with Crippen LogP contribution in [-0.2, 0) is 13.0 Å². The van der Waals surface area contributed by atoms with Gasteiger partial charge in [0.25, 0.3) is 0 Å². The first kappa shape index (κ1) is 13.7. The van der Waals surface area contributed by atoms with Crippen molar-refractivity contribution in [3.63, 3.8) is 0 Å². The van der Waals surface area contributed by atoms with E-state index in [1.807, 2.05) is 13.0 Å². The summed E-state index contributed by atoms with van der Waals surface area (Å²) < 4.78 is 10.9. The Hall–Kier alpha value is -1.92. The molecule has 0 saturated carbocycles. The molecule has 4 rings (SSSR count). The molecule has 1 N–H and O–H groups in total. The van der Waals surface area contributed by atoms with E-state index in [-0.39, 0.29) is 12.1 Å². The van der Waals surface area contributed by atoms with Crippen LogP contribution in [0.25, 0.3) is 0 Å². The molecule has 1 aromatic carbocycles. The number of nitrogens with zero attached hydrogens (tertiary/aromatic N) is 3. The molecule has 0 unspecified atom stereocenters. The molecule has 6 heteroatoms. The summed E-state index contributed by atoms with van der Waals surface area (Å²) in [5, 5.41) is 13.9. The number of fused-ring (bicyclic) bond motifs is 1. The lowest BCUT2D eigenvalue weighted by Gasteiger charge is -2.21. The number of rotatable bonds is 3. The van der Waals surface area contributed by atoms with Crippen molar-refractivity contribution in [2.75, 3.05) is 13.2 Å². The Morgan fingerprint density at radius 3 is 3.14 bits per heavy atom. The quantitative estimate of drug-likeness (QED) is 0.929.